The number of carbonyl (C=O) groups excluding carboxylic acids is 2. The number of nitrogens with one attached hydrogen (secondary N) is 2. The molecule has 0 spiro atoms. The van der Waals surface area contributed by atoms with Crippen LogP contribution in [-0.2, 0) is 25.8 Å². The Kier molecular flexibility index (Phi) is 5.46. The third-order valence-electron chi connectivity index (χ3n) is 4.51. The van der Waals surface area contributed by atoms with Gasteiger partial charge in [0, 0.05) is 11.9 Å². The second kappa shape index (κ2) is 7.67. The van der Waals surface area contributed by atoms with E-state index in [0.717, 1.165) is 24.0 Å². The average Bonchev–Trinajstić information content (AvgIpc) is 2.60. The maximum atomic E-state index is 13.9. The molecule has 0 bridgehead atoms. The zero-order chi connectivity index (χ0) is 20.5. The lowest BCUT2D eigenvalue weighted by Crippen LogP contribution is -2.39. The number of benzene rings is 2. The smallest absolute Gasteiger partial charge is 0.313 e. The molecule has 2 N–H and O–H groups in total. The van der Waals surface area contributed by atoms with E-state index in [9.17, 15) is 26.8 Å². The minimum atomic E-state index is -4.12. The summed E-state index contributed by atoms with van der Waals surface area (Å²) in [5, 5.41) is 4.72. The number of fused-ring (bicyclic) bond motifs is 1. The minimum Gasteiger partial charge on any atom is -0.341 e. The SMILES string of the molecule is CS(=O)(=O)c1c(F)cc(NC(=O)C(=O)NC2CCCc3ccccc32)cc1F. The molecule has 1 aliphatic rings. The van der Waals surface area contributed by atoms with Crippen LogP contribution in [-0.4, -0.2) is 26.5 Å². The molecular formula is C19H18F2N2O4S. The van der Waals surface area contributed by atoms with Gasteiger partial charge in [-0.05, 0) is 42.5 Å². The minimum absolute atomic E-state index is 0.329. The molecule has 0 saturated carbocycles. The third kappa shape index (κ3) is 4.19. The number of aryl methyl sites for hydroxylation is 1. The van der Waals surface area contributed by atoms with E-state index in [2.05, 4.69) is 10.6 Å². The summed E-state index contributed by atoms with van der Waals surface area (Å²) in [6.07, 6.45) is 3.08. The van der Waals surface area contributed by atoms with Gasteiger partial charge in [0.1, 0.15) is 16.5 Å². The van der Waals surface area contributed by atoms with E-state index in [1.165, 1.54) is 0 Å². The Bertz CT molecular complexity index is 1030. The van der Waals surface area contributed by atoms with Crippen molar-refractivity contribution in [3.05, 3.63) is 59.2 Å². The largest absolute Gasteiger partial charge is 0.341 e. The van der Waals surface area contributed by atoms with E-state index in [1.807, 2.05) is 24.3 Å². The first kappa shape index (κ1) is 19.9. The van der Waals surface area contributed by atoms with Crippen LogP contribution in [0.3, 0.4) is 0 Å². The highest BCUT2D eigenvalue weighted by molar-refractivity contribution is 7.90. The zero-order valence-electron chi connectivity index (χ0n) is 15.0. The van der Waals surface area contributed by atoms with E-state index < -0.39 is 38.2 Å². The highest BCUT2D eigenvalue weighted by Gasteiger charge is 2.25. The number of anilines is 1. The van der Waals surface area contributed by atoms with Gasteiger partial charge in [0.05, 0.1) is 6.04 Å². The molecule has 0 aliphatic heterocycles. The molecule has 2 aromatic carbocycles. The van der Waals surface area contributed by atoms with Gasteiger partial charge in [-0.1, -0.05) is 24.3 Å². The molecule has 1 atom stereocenters. The van der Waals surface area contributed by atoms with E-state index in [-0.39, 0.29) is 11.7 Å². The summed E-state index contributed by atoms with van der Waals surface area (Å²) in [5.41, 5.74) is 1.68. The summed E-state index contributed by atoms with van der Waals surface area (Å²) in [7, 11) is -4.12. The van der Waals surface area contributed by atoms with Crippen molar-refractivity contribution < 1.29 is 26.8 Å². The van der Waals surface area contributed by atoms with Crippen molar-refractivity contribution in [3.63, 3.8) is 0 Å². The quantitative estimate of drug-likeness (QED) is 0.764. The van der Waals surface area contributed by atoms with Crippen molar-refractivity contribution in [2.24, 2.45) is 0 Å². The average molecular weight is 408 g/mol. The van der Waals surface area contributed by atoms with Crippen LogP contribution in [0.15, 0.2) is 41.3 Å². The van der Waals surface area contributed by atoms with Crippen molar-refractivity contribution >= 4 is 27.3 Å². The lowest BCUT2D eigenvalue weighted by molar-refractivity contribution is -0.136. The first-order valence-corrected chi connectivity index (χ1v) is 10.4. The van der Waals surface area contributed by atoms with E-state index in [0.29, 0.717) is 24.8 Å². The van der Waals surface area contributed by atoms with Gasteiger partial charge in [-0.15, -0.1) is 0 Å². The Hall–Kier alpha value is -2.81. The van der Waals surface area contributed by atoms with Gasteiger partial charge < -0.3 is 10.6 Å². The Morgan fingerprint density at radius 2 is 1.71 bits per heavy atom. The van der Waals surface area contributed by atoms with Gasteiger partial charge in [-0.2, -0.15) is 0 Å². The number of halogens is 2. The number of hydrogen-bond donors (Lipinski definition) is 2. The molecule has 0 heterocycles. The number of amides is 2. The molecule has 0 saturated heterocycles. The molecule has 2 amide bonds. The van der Waals surface area contributed by atoms with Gasteiger partial charge in [-0.25, -0.2) is 17.2 Å². The van der Waals surface area contributed by atoms with Gasteiger partial charge in [-0.3, -0.25) is 9.59 Å². The first-order chi connectivity index (χ1) is 13.2. The summed E-state index contributed by atoms with van der Waals surface area (Å²) >= 11 is 0. The second-order valence-corrected chi connectivity index (χ2v) is 8.56. The fourth-order valence-electron chi connectivity index (χ4n) is 3.30. The summed E-state index contributed by atoms with van der Waals surface area (Å²) in [6.45, 7) is 0. The normalized spacial score (nSPS) is 16.2. The second-order valence-electron chi connectivity index (χ2n) is 6.61. The van der Waals surface area contributed by atoms with Crippen LogP contribution in [0.1, 0.15) is 30.0 Å². The first-order valence-electron chi connectivity index (χ1n) is 8.55. The molecular weight excluding hydrogens is 390 g/mol. The van der Waals surface area contributed by atoms with Crippen LogP contribution in [0.2, 0.25) is 0 Å². The predicted molar refractivity (Wildman–Crippen MR) is 98.4 cm³/mol. The van der Waals surface area contributed by atoms with E-state index in [4.69, 9.17) is 0 Å². The van der Waals surface area contributed by atoms with Crippen LogP contribution in [0.25, 0.3) is 0 Å². The molecule has 28 heavy (non-hydrogen) atoms. The number of rotatable bonds is 3. The molecule has 9 heteroatoms. The topological polar surface area (TPSA) is 92.3 Å². The van der Waals surface area contributed by atoms with Crippen LogP contribution >= 0.6 is 0 Å². The highest BCUT2D eigenvalue weighted by Crippen LogP contribution is 2.29. The van der Waals surface area contributed by atoms with Crippen molar-refractivity contribution in [2.75, 3.05) is 11.6 Å². The molecule has 3 rings (SSSR count). The Morgan fingerprint density at radius 3 is 2.36 bits per heavy atom. The highest BCUT2D eigenvalue weighted by atomic mass is 32.2. The van der Waals surface area contributed by atoms with Crippen molar-refractivity contribution in [2.45, 2.75) is 30.2 Å². The zero-order valence-corrected chi connectivity index (χ0v) is 15.8. The summed E-state index contributed by atoms with van der Waals surface area (Å²) in [6, 6.07) is 8.57. The van der Waals surface area contributed by atoms with Crippen molar-refractivity contribution in [1.82, 2.24) is 5.32 Å². The number of sulfone groups is 1. The lowest BCUT2D eigenvalue weighted by Gasteiger charge is -2.26. The fraction of sp³-hybridized carbons (Fsp3) is 0.263. The molecule has 1 aliphatic carbocycles. The van der Waals surface area contributed by atoms with E-state index >= 15 is 0 Å². The van der Waals surface area contributed by atoms with Crippen LogP contribution in [0.4, 0.5) is 14.5 Å². The number of carbonyl (C=O) groups is 2. The van der Waals surface area contributed by atoms with Crippen molar-refractivity contribution in [1.29, 1.82) is 0 Å². The van der Waals surface area contributed by atoms with Crippen molar-refractivity contribution in [3.8, 4) is 0 Å². The van der Waals surface area contributed by atoms with Gasteiger partial charge in [0.25, 0.3) is 0 Å². The predicted octanol–water partition coefficient (Wildman–Crippen LogP) is 2.50. The maximum absolute atomic E-state index is 13.9. The van der Waals surface area contributed by atoms with Crippen LogP contribution < -0.4 is 10.6 Å². The lowest BCUT2D eigenvalue weighted by atomic mass is 9.88. The number of hydrogen-bond acceptors (Lipinski definition) is 4. The van der Waals surface area contributed by atoms with Gasteiger partial charge in [0.2, 0.25) is 0 Å². The van der Waals surface area contributed by atoms with Gasteiger partial charge in [0.15, 0.2) is 9.84 Å². The van der Waals surface area contributed by atoms with E-state index in [1.54, 1.807) is 0 Å². The Labute approximate surface area is 160 Å². The Balaban J connectivity index is 1.73. The third-order valence-corrected chi connectivity index (χ3v) is 5.64. The molecule has 1 unspecified atom stereocenters. The molecule has 2 aromatic rings. The monoisotopic (exact) mass is 408 g/mol. The molecule has 6 nitrogen and oxygen atoms in total. The van der Waals surface area contributed by atoms with Gasteiger partial charge >= 0.3 is 11.8 Å². The summed E-state index contributed by atoms with van der Waals surface area (Å²) < 4.78 is 50.7. The molecule has 0 radical (unpaired) electrons. The molecule has 0 aromatic heterocycles. The van der Waals surface area contributed by atoms with Crippen LogP contribution in [0, 0.1) is 11.6 Å². The van der Waals surface area contributed by atoms with Crippen LogP contribution in [0.5, 0.6) is 0 Å². The standard InChI is InChI=1S/C19H18F2N2O4S/c1-28(26,27)17-14(20)9-12(10-15(17)21)22-18(24)19(25)23-16-8-4-6-11-5-2-3-7-13(11)16/h2-3,5,7,9-10,16H,4,6,8H2,1H3,(H,22,24)(H,23,25). The maximum Gasteiger partial charge on any atom is 0.313 e. The molecule has 0 fully saturated rings. The fourth-order valence-corrected chi connectivity index (χ4v) is 4.13. The summed E-state index contributed by atoms with van der Waals surface area (Å²) in [4.78, 5) is 23.2. The Morgan fingerprint density at radius 1 is 1.07 bits per heavy atom. The molecule has 148 valence electrons. The summed E-state index contributed by atoms with van der Waals surface area (Å²) in [5.74, 6) is -4.75.